The molecule has 0 saturated carbocycles. The molecule has 1 aliphatic rings. The van der Waals surface area contributed by atoms with Crippen LogP contribution in [0.5, 0.6) is 0 Å². The number of likely N-dealkylation sites (N-methyl/N-ethyl adjacent to an activating group) is 2. The Hall–Kier alpha value is -2.93. The highest BCUT2D eigenvalue weighted by atomic mass is 19.1. The summed E-state index contributed by atoms with van der Waals surface area (Å²) in [6.07, 6.45) is 1.71. The van der Waals surface area contributed by atoms with E-state index in [1.165, 1.54) is 17.0 Å². The molecular weight excluding hydrogens is 383 g/mol. The number of aromatic amines is 1. The number of H-pyrrole nitrogens is 1. The lowest BCUT2D eigenvalue weighted by molar-refractivity contribution is -0.112. The van der Waals surface area contributed by atoms with Gasteiger partial charge < -0.3 is 20.1 Å². The summed E-state index contributed by atoms with van der Waals surface area (Å²) in [5.41, 5.74) is 4.39. The largest absolute Gasteiger partial charge is 0.358 e. The molecule has 3 rings (SSSR count). The Bertz CT molecular complexity index is 1000. The fourth-order valence-electron chi connectivity index (χ4n) is 3.92. The number of aryl methyl sites for hydroxylation is 1. The van der Waals surface area contributed by atoms with Crippen LogP contribution in [-0.2, 0) is 4.79 Å². The lowest BCUT2D eigenvalue weighted by atomic mass is 10.0. The number of carbonyl (C=O) groups excluding carboxylic acids is 2. The molecule has 1 aromatic carbocycles. The molecule has 0 aliphatic carbocycles. The number of nitrogens with one attached hydrogen (secondary N) is 2. The molecule has 1 aliphatic heterocycles. The average Bonchev–Trinajstić information content (AvgIpc) is 3.12. The first-order valence-corrected chi connectivity index (χ1v) is 10.3. The molecular formula is C23H29FN4O2. The van der Waals surface area contributed by atoms with Gasteiger partial charge in [-0.15, -0.1) is 0 Å². The molecule has 0 atom stereocenters. The Kier molecular flexibility index (Phi) is 6.41. The number of anilines is 1. The zero-order valence-electron chi connectivity index (χ0n) is 18.2. The van der Waals surface area contributed by atoms with Gasteiger partial charge in [0.2, 0.25) is 0 Å². The number of amides is 2. The predicted octanol–water partition coefficient (Wildman–Crippen LogP) is 3.36. The van der Waals surface area contributed by atoms with Crippen molar-refractivity contribution in [3.63, 3.8) is 0 Å². The molecule has 2 aromatic rings. The molecule has 1 aromatic heterocycles. The molecule has 30 heavy (non-hydrogen) atoms. The first-order chi connectivity index (χ1) is 14.3. The summed E-state index contributed by atoms with van der Waals surface area (Å²) in [5.74, 6) is -0.734. The molecule has 0 saturated heterocycles. The number of hydrogen-bond donors (Lipinski definition) is 2. The number of nitrogens with zero attached hydrogens (tertiary/aromatic N) is 2. The minimum absolute atomic E-state index is 0.139. The second kappa shape index (κ2) is 8.83. The summed E-state index contributed by atoms with van der Waals surface area (Å²) >= 11 is 0. The van der Waals surface area contributed by atoms with Crippen LogP contribution in [0.2, 0.25) is 0 Å². The molecule has 160 valence electrons. The third-order valence-corrected chi connectivity index (χ3v) is 5.75. The molecule has 0 spiro atoms. The third-order valence-electron chi connectivity index (χ3n) is 5.75. The van der Waals surface area contributed by atoms with Crippen molar-refractivity contribution in [1.29, 1.82) is 0 Å². The van der Waals surface area contributed by atoms with Crippen LogP contribution in [0.15, 0.2) is 18.2 Å². The van der Waals surface area contributed by atoms with E-state index in [1.54, 1.807) is 19.2 Å². The van der Waals surface area contributed by atoms with Gasteiger partial charge in [-0.25, -0.2) is 4.39 Å². The van der Waals surface area contributed by atoms with Crippen molar-refractivity contribution in [3.8, 4) is 0 Å². The number of carbonyl (C=O) groups is 2. The van der Waals surface area contributed by atoms with Crippen LogP contribution in [0.3, 0.4) is 0 Å². The number of fused-ring (bicyclic) bond motifs is 1. The van der Waals surface area contributed by atoms with Gasteiger partial charge in [0, 0.05) is 37.1 Å². The SMILES string of the molecule is CCN(CC)CCNC(=O)c1c(C)[nH]c(/C=C2\C(=O)N(C)c3ccc(F)cc32)c1C. The maximum atomic E-state index is 13.8. The minimum Gasteiger partial charge on any atom is -0.358 e. The normalized spacial score (nSPS) is 14.7. The average molecular weight is 413 g/mol. The van der Waals surface area contributed by atoms with Crippen LogP contribution in [0, 0.1) is 19.7 Å². The van der Waals surface area contributed by atoms with Gasteiger partial charge in [0.1, 0.15) is 5.82 Å². The molecule has 6 nitrogen and oxygen atoms in total. The van der Waals surface area contributed by atoms with E-state index in [9.17, 15) is 14.0 Å². The zero-order chi connectivity index (χ0) is 22.0. The first-order valence-electron chi connectivity index (χ1n) is 10.3. The fraction of sp³-hybridized carbons (Fsp3) is 0.391. The standard InChI is InChI=1S/C23H29FN4O2/c1-6-28(7-2)11-10-25-22(29)21-14(3)19(26-15(21)4)13-18-17-12-16(24)8-9-20(17)27(5)23(18)30/h8-9,12-13,26H,6-7,10-11H2,1-5H3,(H,25,29)/b18-13-. The van der Waals surface area contributed by atoms with E-state index in [4.69, 9.17) is 0 Å². The molecule has 0 bridgehead atoms. The van der Waals surface area contributed by atoms with Crippen molar-refractivity contribution < 1.29 is 14.0 Å². The summed E-state index contributed by atoms with van der Waals surface area (Å²) in [5, 5.41) is 2.98. The van der Waals surface area contributed by atoms with Gasteiger partial charge in [-0.05, 0) is 56.8 Å². The van der Waals surface area contributed by atoms with E-state index in [2.05, 4.69) is 29.0 Å². The highest BCUT2D eigenvalue weighted by Crippen LogP contribution is 2.37. The summed E-state index contributed by atoms with van der Waals surface area (Å²) in [4.78, 5) is 32.4. The van der Waals surface area contributed by atoms with Crippen molar-refractivity contribution in [2.75, 3.05) is 38.1 Å². The van der Waals surface area contributed by atoms with Crippen LogP contribution in [0.25, 0.3) is 11.6 Å². The molecule has 0 radical (unpaired) electrons. The Balaban J connectivity index is 1.87. The van der Waals surface area contributed by atoms with Crippen LogP contribution in [0.1, 0.15) is 46.7 Å². The predicted molar refractivity (Wildman–Crippen MR) is 118 cm³/mol. The maximum absolute atomic E-state index is 13.8. The Morgan fingerprint density at radius 2 is 1.97 bits per heavy atom. The molecule has 0 unspecified atom stereocenters. The molecule has 2 N–H and O–H groups in total. The zero-order valence-corrected chi connectivity index (χ0v) is 18.2. The Morgan fingerprint density at radius 3 is 2.63 bits per heavy atom. The summed E-state index contributed by atoms with van der Waals surface area (Å²) in [6.45, 7) is 11.1. The lowest BCUT2D eigenvalue weighted by Gasteiger charge is -2.18. The van der Waals surface area contributed by atoms with E-state index < -0.39 is 5.82 Å². The van der Waals surface area contributed by atoms with Crippen molar-refractivity contribution in [1.82, 2.24) is 15.2 Å². The monoisotopic (exact) mass is 412 g/mol. The maximum Gasteiger partial charge on any atom is 0.258 e. The number of benzene rings is 1. The smallest absolute Gasteiger partial charge is 0.258 e. The van der Waals surface area contributed by atoms with E-state index >= 15 is 0 Å². The Labute approximate surface area is 176 Å². The lowest BCUT2D eigenvalue weighted by Crippen LogP contribution is -2.35. The van der Waals surface area contributed by atoms with Crippen molar-refractivity contribution in [2.24, 2.45) is 0 Å². The fourth-order valence-corrected chi connectivity index (χ4v) is 3.92. The van der Waals surface area contributed by atoms with Gasteiger partial charge in [-0.1, -0.05) is 13.8 Å². The van der Waals surface area contributed by atoms with E-state index in [0.29, 0.717) is 34.6 Å². The van der Waals surface area contributed by atoms with Crippen LogP contribution >= 0.6 is 0 Å². The van der Waals surface area contributed by atoms with Gasteiger partial charge >= 0.3 is 0 Å². The molecule has 2 amide bonds. The number of rotatable bonds is 7. The van der Waals surface area contributed by atoms with Gasteiger partial charge in [-0.2, -0.15) is 0 Å². The highest BCUT2D eigenvalue weighted by molar-refractivity contribution is 6.35. The van der Waals surface area contributed by atoms with Gasteiger partial charge in [-0.3, -0.25) is 9.59 Å². The van der Waals surface area contributed by atoms with E-state index in [-0.39, 0.29) is 11.8 Å². The molecule has 0 fully saturated rings. The second-order valence-electron chi connectivity index (χ2n) is 7.53. The molecule has 7 heteroatoms. The van der Waals surface area contributed by atoms with Crippen LogP contribution < -0.4 is 10.2 Å². The summed E-state index contributed by atoms with van der Waals surface area (Å²) in [6, 6.07) is 4.32. The third kappa shape index (κ3) is 4.03. The van der Waals surface area contributed by atoms with Gasteiger partial charge in [0.15, 0.2) is 0 Å². The van der Waals surface area contributed by atoms with Gasteiger partial charge in [0.25, 0.3) is 11.8 Å². The highest BCUT2D eigenvalue weighted by Gasteiger charge is 2.30. The van der Waals surface area contributed by atoms with Gasteiger partial charge in [0.05, 0.1) is 16.8 Å². The minimum atomic E-state index is -0.393. The van der Waals surface area contributed by atoms with Crippen LogP contribution in [-0.4, -0.2) is 54.9 Å². The molecule has 2 heterocycles. The topological polar surface area (TPSA) is 68.4 Å². The number of halogens is 1. The van der Waals surface area contributed by atoms with Crippen molar-refractivity contribution >= 4 is 29.2 Å². The van der Waals surface area contributed by atoms with Crippen molar-refractivity contribution in [3.05, 3.63) is 52.1 Å². The second-order valence-corrected chi connectivity index (χ2v) is 7.53. The summed E-state index contributed by atoms with van der Waals surface area (Å²) < 4.78 is 13.8. The first kappa shape index (κ1) is 21.8. The van der Waals surface area contributed by atoms with E-state index in [0.717, 1.165) is 30.9 Å². The quantitative estimate of drug-likeness (QED) is 0.686. The Morgan fingerprint density at radius 1 is 1.27 bits per heavy atom. The van der Waals surface area contributed by atoms with Crippen molar-refractivity contribution in [2.45, 2.75) is 27.7 Å². The number of hydrogen-bond acceptors (Lipinski definition) is 3. The summed E-state index contributed by atoms with van der Waals surface area (Å²) in [7, 11) is 1.67. The van der Waals surface area contributed by atoms with E-state index in [1.807, 2.05) is 13.8 Å². The van der Waals surface area contributed by atoms with Crippen LogP contribution in [0.4, 0.5) is 10.1 Å². The number of aromatic nitrogens is 1.